The van der Waals surface area contributed by atoms with E-state index in [4.69, 9.17) is 5.14 Å². The van der Waals surface area contributed by atoms with E-state index in [1.165, 1.54) is 6.42 Å². The molecule has 0 amide bonds. The molecule has 0 aromatic carbocycles. The first-order valence-electron chi connectivity index (χ1n) is 5.57. The Kier molecular flexibility index (Phi) is 4.34. The van der Waals surface area contributed by atoms with Gasteiger partial charge in [-0.3, -0.25) is 0 Å². The van der Waals surface area contributed by atoms with Crippen LogP contribution in [0.1, 0.15) is 39.0 Å². The quantitative estimate of drug-likeness (QED) is 0.711. The monoisotopic (exact) mass is 231 g/mol. The summed E-state index contributed by atoms with van der Waals surface area (Å²) in [6.07, 6.45) is 6.77. The Labute approximate surface area is 92.8 Å². The molecule has 3 nitrogen and oxygen atoms in total. The van der Waals surface area contributed by atoms with Crippen LogP contribution in [0.2, 0.25) is 0 Å². The van der Waals surface area contributed by atoms with Crippen molar-refractivity contribution in [3.63, 3.8) is 0 Å². The van der Waals surface area contributed by atoms with Gasteiger partial charge in [-0.05, 0) is 24.7 Å². The minimum atomic E-state index is -3.41. The van der Waals surface area contributed by atoms with Gasteiger partial charge in [0, 0.05) is 0 Å². The molecule has 1 saturated carbocycles. The lowest BCUT2D eigenvalue weighted by molar-refractivity contribution is 0.274. The normalized spacial score (nSPS) is 21.7. The van der Waals surface area contributed by atoms with Crippen molar-refractivity contribution < 1.29 is 8.42 Å². The molecule has 2 N–H and O–H groups in total. The van der Waals surface area contributed by atoms with E-state index in [0.717, 1.165) is 19.3 Å². The van der Waals surface area contributed by atoms with Gasteiger partial charge in [0.1, 0.15) is 0 Å². The SMILES string of the molecule is C=CCC(C)[C@@H](CC1CCC1)S(N)(=O)=O. The third kappa shape index (κ3) is 3.61. The summed E-state index contributed by atoms with van der Waals surface area (Å²) in [7, 11) is -3.41. The second-order valence-electron chi connectivity index (χ2n) is 4.66. The Hall–Kier alpha value is -0.350. The number of rotatable bonds is 6. The van der Waals surface area contributed by atoms with Gasteiger partial charge < -0.3 is 0 Å². The van der Waals surface area contributed by atoms with E-state index in [0.29, 0.717) is 12.3 Å². The maximum atomic E-state index is 11.5. The van der Waals surface area contributed by atoms with Crippen LogP contribution in [0.3, 0.4) is 0 Å². The van der Waals surface area contributed by atoms with Gasteiger partial charge in [0.2, 0.25) is 10.0 Å². The minimum Gasteiger partial charge on any atom is -0.228 e. The highest BCUT2D eigenvalue weighted by molar-refractivity contribution is 7.89. The zero-order chi connectivity index (χ0) is 11.5. The van der Waals surface area contributed by atoms with Crippen LogP contribution >= 0.6 is 0 Å². The molecule has 88 valence electrons. The highest BCUT2D eigenvalue weighted by atomic mass is 32.2. The molecule has 0 radical (unpaired) electrons. The number of hydrogen-bond acceptors (Lipinski definition) is 2. The standard InChI is InChI=1S/C11H21NO2S/c1-3-5-9(2)11(15(12,13)14)8-10-6-4-7-10/h3,9-11H,1,4-8H2,2H3,(H2,12,13,14)/t9?,11-/m1/s1. The molecule has 0 heterocycles. The molecule has 1 aliphatic rings. The number of sulfonamides is 1. The fourth-order valence-electron chi connectivity index (χ4n) is 2.16. The largest absolute Gasteiger partial charge is 0.228 e. The smallest absolute Gasteiger partial charge is 0.212 e. The van der Waals surface area contributed by atoms with Crippen LogP contribution in [0, 0.1) is 11.8 Å². The zero-order valence-corrected chi connectivity index (χ0v) is 10.2. The van der Waals surface area contributed by atoms with Gasteiger partial charge in [-0.15, -0.1) is 6.58 Å². The van der Waals surface area contributed by atoms with Crippen LogP contribution in [0.25, 0.3) is 0 Å². The molecule has 0 aromatic heterocycles. The molecule has 1 unspecified atom stereocenters. The van der Waals surface area contributed by atoms with Crippen molar-refractivity contribution in [1.82, 2.24) is 0 Å². The van der Waals surface area contributed by atoms with E-state index in [9.17, 15) is 8.42 Å². The Morgan fingerprint density at radius 2 is 2.13 bits per heavy atom. The number of hydrogen-bond donors (Lipinski definition) is 1. The predicted octanol–water partition coefficient (Wildman–Crippen LogP) is 2.05. The summed E-state index contributed by atoms with van der Waals surface area (Å²) in [5, 5.41) is 4.89. The summed E-state index contributed by atoms with van der Waals surface area (Å²) in [6, 6.07) is 0. The first-order valence-corrected chi connectivity index (χ1v) is 7.18. The van der Waals surface area contributed by atoms with E-state index in [1.54, 1.807) is 6.08 Å². The van der Waals surface area contributed by atoms with Crippen molar-refractivity contribution in [1.29, 1.82) is 0 Å². The Balaban J connectivity index is 2.63. The second-order valence-corrected chi connectivity index (χ2v) is 6.45. The fourth-order valence-corrected chi connectivity index (χ4v) is 3.46. The highest BCUT2D eigenvalue weighted by Gasteiger charge is 2.32. The van der Waals surface area contributed by atoms with E-state index in [2.05, 4.69) is 6.58 Å². The summed E-state index contributed by atoms with van der Waals surface area (Å²) >= 11 is 0. The van der Waals surface area contributed by atoms with Crippen LogP contribution in [0.5, 0.6) is 0 Å². The molecular weight excluding hydrogens is 210 g/mol. The van der Waals surface area contributed by atoms with Crippen molar-refractivity contribution in [2.45, 2.75) is 44.3 Å². The lowest BCUT2D eigenvalue weighted by Gasteiger charge is -2.31. The molecule has 1 aliphatic carbocycles. The van der Waals surface area contributed by atoms with Crippen LogP contribution in [-0.2, 0) is 10.0 Å². The Morgan fingerprint density at radius 1 is 1.53 bits per heavy atom. The van der Waals surface area contributed by atoms with Gasteiger partial charge in [0.15, 0.2) is 0 Å². The summed E-state index contributed by atoms with van der Waals surface area (Å²) in [4.78, 5) is 0. The predicted molar refractivity (Wildman–Crippen MR) is 62.8 cm³/mol. The summed E-state index contributed by atoms with van der Waals surface area (Å²) in [5.41, 5.74) is 0. The number of primary sulfonamides is 1. The lowest BCUT2D eigenvalue weighted by Crippen LogP contribution is -2.36. The molecule has 1 fully saturated rings. The van der Waals surface area contributed by atoms with Gasteiger partial charge in [-0.25, -0.2) is 13.6 Å². The van der Waals surface area contributed by atoms with Crippen LogP contribution in [-0.4, -0.2) is 13.7 Å². The summed E-state index contributed by atoms with van der Waals surface area (Å²) < 4.78 is 22.9. The van der Waals surface area contributed by atoms with Crippen molar-refractivity contribution >= 4 is 10.0 Å². The summed E-state index contributed by atoms with van der Waals surface area (Å²) in [5.74, 6) is 0.652. The average Bonchev–Trinajstić information content (AvgIpc) is 1.99. The van der Waals surface area contributed by atoms with Crippen molar-refractivity contribution in [2.75, 3.05) is 0 Å². The van der Waals surface area contributed by atoms with Crippen molar-refractivity contribution in [3.8, 4) is 0 Å². The van der Waals surface area contributed by atoms with Crippen molar-refractivity contribution in [3.05, 3.63) is 12.7 Å². The molecule has 0 saturated heterocycles. The van der Waals surface area contributed by atoms with Gasteiger partial charge in [0.25, 0.3) is 0 Å². The molecule has 0 spiro atoms. The average molecular weight is 231 g/mol. The first kappa shape index (κ1) is 12.7. The maximum absolute atomic E-state index is 11.5. The van der Waals surface area contributed by atoms with Gasteiger partial charge >= 0.3 is 0 Å². The molecule has 0 aliphatic heterocycles. The van der Waals surface area contributed by atoms with E-state index < -0.39 is 10.0 Å². The third-order valence-corrected chi connectivity index (χ3v) is 4.89. The lowest BCUT2D eigenvalue weighted by atomic mass is 9.80. The summed E-state index contributed by atoms with van der Waals surface area (Å²) in [6.45, 7) is 5.58. The first-order chi connectivity index (χ1) is 6.95. The third-order valence-electron chi connectivity index (χ3n) is 3.39. The molecular formula is C11H21NO2S. The minimum absolute atomic E-state index is 0.0816. The van der Waals surface area contributed by atoms with E-state index in [-0.39, 0.29) is 11.2 Å². The van der Waals surface area contributed by atoms with Crippen LogP contribution in [0.4, 0.5) is 0 Å². The molecule has 15 heavy (non-hydrogen) atoms. The topological polar surface area (TPSA) is 60.2 Å². The van der Waals surface area contributed by atoms with Crippen molar-refractivity contribution in [2.24, 2.45) is 17.0 Å². The van der Waals surface area contributed by atoms with E-state index >= 15 is 0 Å². The molecule has 0 bridgehead atoms. The van der Waals surface area contributed by atoms with Gasteiger partial charge in [-0.2, -0.15) is 0 Å². The molecule has 2 atom stereocenters. The van der Waals surface area contributed by atoms with Gasteiger partial charge in [0.05, 0.1) is 5.25 Å². The Bertz CT molecular complexity index is 307. The number of nitrogens with two attached hydrogens (primary N) is 1. The molecule has 0 aromatic rings. The molecule has 1 rings (SSSR count). The zero-order valence-electron chi connectivity index (χ0n) is 9.35. The van der Waals surface area contributed by atoms with Gasteiger partial charge in [-0.1, -0.05) is 32.3 Å². The second kappa shape index (κ2) is 5.12. The molecule has 4 heteroatoms. The number of allylic oxidation sites excluding steroid dienone is 1. The van der Waals surface area contributed by atoms with Crippen LogP contribution in [0.15, 0.2) is 12.7 Å². The Morgan fingerprint density at radius 3 is 2.47 bits per heavy atom. The maximum Gasteiger partial charge on any atom is 0.212 e. The van der Waals surface area contributed by atoms with Crippen LogP contribution < -0.4 is 5.14 Å². The van der Waals surface area contributed by atoms with E-state index in [1.807, 2.05) is 6.92 Å². The fraction of sp³-hybridized carbons (Fsp3) is 0.818. The highest BCUT2D eigenvalue weighted by Crippen LogP contribution is 2.34.